The molecule has 31 heavy (non-hydrogen) atoms. The van der Waals surface area contributed by atoms with Crippen molar-refractivity contribution in [3.05, 3.63) is 59.4 Å². The summed E-state index contributed by atoms with van der Waals surface area (Å²) >= 11 is 0. The number of amides is 1. The molecule has 1 fully saturated rings. The summed E-state index contributed by atoms with van der Waals surface area (Å²) in [6.45, 7) is 0. The highest BCUT2D eigenvalue weighted by Crippen LogP contribution is 2.45. The van der Waals surface area contributed by atoms with Gasteiger partial charge in [-0.05, 0) is 60.2 Å². The monoisotopic (exact) mass is 450 g/mol. The maximum absolute atomic E-state index is 14.4. The molecule has 1 saturated carbocycles. The van der Waals surface area contributed by atoms with E-state index < -0.39 is 27.3 Å². The van der Waals surface area contributed by atoms with Gasteiger partial charge in [-0.25, -0.2) is 21.6 Å². The minimum atomic E-state index is -3.22. The molecular formula is C22H21F3N2O3S. The molecule has 0 aliphatic heterocycles. The van der Waals surface area contributed by atoms with Gasteiger partial charge in [0, 0.05) is 30.2 Å². The third-order valence-corrected chi connectivity index (χ3v) is 6.55. The fraction of sp³-hybridized carbons (Fsp3) is 0.318. The number of carbonyl (C=O) groups is 1. The molecule has 2 N–H and O–H groups in total. The van der Waals surface area contributed by atoms with E-state index in [1.807, 2.05) is 0 Å². The molecule has 0 atom stereocenters. The van der Waals surface area contributed by atoms with E-state index in [9.17, 15) is 26.4 Å². The quantitative estimate of drug-likeness (QED) is 0.595. The maximum Gasteiger partial charge on any atom is 0.221 e. The Balaban J connectivity index is 1.59. The average Bonchev–Trinajstić information content (AvgIpc) is 3.02. The minimum Gasteiger partial charge on any atom is -0.353 e. The van der Waals surface area contributed by atoms with Gasteiger partial charge in [-0.3, -0.25) is 4.79 Å². The smallest absolute Gasteiger partial charge is 0.221 e. The standard InChI is InChI=1S/C22H21F3N2O3S/c1-31(29,30)7-6-19(28)26-16-8-13(9-16)20-17-10-15(24)11-18(25)22(17)27-21(20)12-2-4-14(23)5-3-12/h2-5,10-11,13,16,27H,6-9H2,1H3,(H,26,28)/t13-,16-. The Morgan fingerprint density at radius 1 is 1.10 bits per heavy atom. The summed E-state index contributed by atoms with van der Waals surface area (Å²) < 4.78 is 64.2. The van der Waals surface area contributed by atoms with Gasteiger partial charge in [-0.2, -0.15) is 0 Å². The normalized spacial score (nSPS) is 18.7. The van der Waals surface area contributed by atoms with Crippen molar-refractivity contribution in [2.45, 2.75) is 31.2 Å². The van der Waals surface area contributed by atoms with Crippen molar-refractivity contribution < 1.29 is 26.4 Å². The number of rotatable bonds is 6. The van der Waals surface area contributed by atoms with Gasteiger partial charge in [0.1, 0.15) is 27.3 Å². The number of aromatic nitrogens is 1. The second-order valence-electron chi connectivity index (χ2n) is 8.04. The molecule has 0 saturated heterocycles. The largest absolute Gasteiger partial charge is 0.353 e. The summed E-state index contributed by atoms with van der Waals surface area (Å²) in [5.41, 5.74) is 2.14. The van der Waals surface area contributed by atoms with Crippen molar-refractivity contribution in [2.75, 3.05) is 12.0 Å². The van der Waals surface area contributed by atoms with Crippen LogP contribution in [-0.4, -0.2) is 37.4 Å². The van der Waals surface area contributed by atoms with Crippen LogP contribution in [0.4, 0.5) is 13.2 Å². The Morgan fingerprint density at radius 3 is 2.42 bits per heavy atom. The lowest BCUT2D eigenvalue weighted by molar-refractivity contribution is -0.122. The fourth-order valence-corrected chi connectivity index (χ4v) is 4.61. The first-order chi connectivity index (χ1) is 14.6. The van der Waals surface area contributed by atoms with Crippen LogP contribution in [0.3, 0.4) is 0 Å². The molecule has 1 amide bonds. The number of carbonyl (C=O) groups excluding carboxylic acids is 1. The highest BCUT2D eigenvalue weighted by atomic mass is 32.2. The highest BCUT2D eigenvalue weighted by Gasteiger charge is 2.35. The zero-order chi connectivity index (χ0) is 22.3. The van der Waals surface area contributed by atoms with Crippen molar-refractivity contribution in [1.82, 2.24) is 10.3 Å². The molecule has 1 aromatic heterocycles. The van der Waals surface area contributed by atoms with Gasteiger partial charge < -0.3 is 10.3 Å². The molecule has 0 radical (unpaired) electrons. The van der Waals surface area contributed by atoms with Crippen molar-refractivity contribution in [3.8, 4) is 11.3 Å². The molecule has 9 heteroatoms. The third-order valence-electron chi connectivity index (χ3n) is 5.61. The first-order valence-corrected chi connectivity index (χ1v) is 11.9. The number of hydrogen-bond donors (Lipinski definition) is 2. The van der Waals surface area contributed by atoms with Crippen LogP contribution in [-0.2, 0) is 14.6 Å². The number of hydrogen-bond acceptors (Lipinski definition) is 3. The van der Waals surface area contributed by atoms with Gasteiger partial charge >= 0.3 is 0 Å². The van der Waals surface area contributed by atoms with E-state index in [1.54, 1.807) is 12.1 Å². The van der Waals surface area contributed by atoms with Gasteiger partial charge in [0.2, 0.25) is 5.91 Å². The SMILES string of the molecule is CS(=O)(=O)CCC(=O)N[C@H]1C[C@H](c2c(-c3ccc(F)cc3)[nH]c3c(F)cc(F)cc32)C1. The number of sulfone groups is 1. The average molecular weight is 450 g/mol. The molecular weight excluding hydrogens is 429 g/mol. The van der Waals surface area contributed by atoms with Crippen LogP contribution < -0.4 is 5.32 Å². The fourth-order valence-electron chi connectivity index (χ4n) is 4.06. The van der Waals surface area contributed by atoms with Gasteiger partial charge in [0.15, 0.2) is 0 Å². The van der Waals surface area contributed by atoms with Crippen LogP contribution in [0.5, 0.6) is 0 Å². The van der Waals surface area contributed by atoms with Crippen molar-refractivity contribution in [1.29, 1.82) is 0 Å². The summed E-state index contributed by atoms with van der Waals surface area (Å²) in [5, 5.41) is 3.23. The van der Waals surface area contributed by atoms with Crippen LogP contribution >= 0.6 is 0 Å². The number of aromatic amines is 1. The molecule has 0 bridgehead atoms. The molecule has 164 valence electrons. The van der Waals surface area contributed by atoms with Gasteiger partial charge in [0.25, 0.3) is 0 Å². The predicted octanol–water partition coefficient (Wildman–Crippen LogP) is 4.05. The molecule has 0 spiro atoms. The van der Waals surface area contributed by atoms with Crippen LogP contribution in [0, 0.1) is 17.5 Å². The Bertz CT molecular complexity index is 1250. The van der Waals surface area contributed by atoms with Crippen molar-refractivity contribution >= 4 is 26.6 Å². The van der Waals surface area contributed by atoms with Gasteiger partial charge in [0.05, 0.1) is 17.0 Å². The lowest BCUT2D eigenvalue weighted by Crippen LogP contribution is -2.43. The van der Waals surface area contributed by atoms with Crippen LogP contribution in [0.1, 0.15) is 30.7 Å². The number of halogens is 3. The summed E-state index contributed by atoms with van der Waals surface area (Å²) in [6, 6.07) is 7.67. The van der Waals surface area contributed by atoms with E-state index >= 15 is 0 Å². The highest BCUT2D eigenvalue weighted by molar-refractivity contribution is 7.90. The second-order valence-corrected chi connectivity index (χ2v) is 10.3. The summed E-state index contributed by atoms with van der Waals surface area (Å²) in [4.78, 5) is 15.0. The first kappa shape index (κ1) is 21.4. The molecule has 1 aliphatic rings. The maximum atomic E-state index is 14.4. The van der Waals surface area contributed by atoms with E-state index in [-0.39, 0.29) is 35.6 Å². The summed E-state index contributed by atoms with van der Waals surface area (Å²) in [5.74, 6) is -2.45. The number of H-pyrrole nitrogens is 1. The molecule has 1 aliphatic carbocycles. The van der Waals surface area contributed by atoms with Crippen LogP contribution in [0.25, 0.3) is 22.2 Å². The van der Waals surface area contributed by atoms with E-state index in [2.05, 4.69) is 10.3 Å². The number of nitrogens with one attached hydrogen (secondary N) is 2. The summed E-state index contributed by atoms with van der Waals surface area (Å²) in [6.07, 6.45) is 2.06. The number of benzene rings is 2. The van der Waals surface area contributed by atoms with Crippen LogP contribution in [0.15, 0.2) is 36.4 Å². The third kappa shape index (κ3) is 4.61. The molecule has 0 unspecified atom stereocenters. The van der Waals surface area contributed by atoms with Crippen molar-refractivity contribution in [2.24, 2.45) is 0 Å². The molecule has 1 heterocycles. The molecule has 2 aromatic carbocycles. The molecule has 3 aromatic rings. The second kappa shape index (κ2) is 8.03. The lowest BCUT2D eigenvalue weighted by Gasteiger charge is -2.36. The Labute approximate surface area is 177 Å². The van der Waals surface area contributed by atoms with Crippen LogP contribution in [0.2, 0.25) is 0 Å². The molecule has 5 nitrogen and oxygen atoms in total. The zero-order valence-corrected chi connectivity index (χ0v) is 17.5. The van der Waals surface area contributed by atoms with E-state index in [1.165, 1.54) is 18.2 Å². The van der Waals surface area contributed by atoms with E-state index in [0.29, 0.717) is 29.5 Å². The zero-order valence-electron chi connectivity index (χ0n) is 16.7. The summed E-state index contributed by atoms with van der Waals surface area (Å²) in [7, 11) is -3.22. The Morgan fingerprint density at radius 2 is 1.77 bits per heavy atom. The van der Waals surface area contributed by atoms with E-state index in [4.69, 9.17) is 0 Å². The Kier molecular flexibility index (Phi) is 5.55. The van der Waals surface area contributed by atoms with Gasteiger partial charge in [-0.15, -0.1) is 0 Å². The van der Waals surface area contributed by atoms with Crippen molar-refractivity contribution in [3.63, 3.8) is 0 Å². The number of fused-ring (bicyclic) bond motifs is 1. The lowest BCUT2D eigenvalue weighted by atomic mass is 9.74. The topological polar surface area (TPSA) is 79.0 Å². The van der Waals surface area contributed by atoms with Gasteiger partial charge in [-0.1, -0.05) is 0 Å². The van der Waals surface area contributed by atoms with E-state index in [0.717, 1.165) is 17.9 Å². The Hall–Kier alpha value is -2.81. The first-order valence-electron chi connectivity index (χ1n) is 9.84. The minimum absolute atomic E-state index is 0.0739. The molecule has 4 rings (SSSR count). The predicted molar refractivity (Wildman–Crippen MR) is 112 cm³/mol.